The van der Waals surface area contributed by atoms with Crippen molar-refractivity contribution in [3.8, 4) is 0 Å². The average molecular weight is 242 g/mol. The highest BCUT2D eigenvalue weighted by molar-refractivity contribution is 4.82. The lowest BCUT2D eigenvalue weighted by atomic mass is 9.97. The van der Waals surface area contributed by atoms with Crippen LogP contribution < -0.4 is 5.32 Å². The van der Waals surface area contributed by atoms with Crippen molar-refractivity contribution in [3.63, 3.8) is 0 Å². The van der Waals surface area contributed by atoms with Crippen LogP contribution in [0.2, 0.25) is 0 Å². The fraction of sp³-hybridized carbons (Fsp3) is 1.00. The summed E-state index contributed by atoms with van der Waals surface area (Å²) < 4.78 is 0. The van der Waals surface area contributed by atoms with Gasteiger partial charge in [0.15, 0.2) is 0 Å². The quantitative estimate of drug-likeness (QED) is 0.683. The van der Waals surface area contributed by atoms with E-state index in [0.717, 1.165) is 12.5 Å². The molecule has 17 heavy (non-hydrogen) atoms. The van der Waals surface area contributed by atoms with E-state index in [1.165, 1.54) is 45.2 Å². The van der Waals surface area contributed by atoms with Gasteiger partial charge in [-0.3, -0.25) is 0 Å². The third kappa shape index (κ3) is 4.57. The largest absolute Gasteiger partial charge is 0.394 e. The van der Waals surface area contributed by atoms with Crippen LogP contribution in [0.25, 0.3) is 0 Å². The minimum atomic E-state index is -0.102. The Hall–Kier alpha value is -0.120. The van der Waals surface area contributed by atoms with Gasteiger partial charge in [0.25, 0.3) is 0 Å². The van der Waals surface area contributed by atoms with E-state index in [-0.39, 0.29) is 12.1 Å². The smallest absolute Gasteiger partial charge is 0.0610 e. The van der Waals surface area contributed by atoms with Gasteiger partial charge in [0.2, 0.25) is 0 Å². The molecule has 1 unspecified atom stereocenters. The molecule has 1 aliphatic carbocycles. The number of nitrogens with one attached hydrogen (secondary N) is 1. The molecule has 1 aliphatic rings. The van der Waals surface area contributed by atoms with E-state index in [1.807, 2.05) is 7.05 Å². The number of rotatable bonds is 8. The maximum Gasteiger partial charge on any atom is 0.0610 e. The molecule has 0 aromatic heterocycles. The van der Waals surface area contributed by atoms with Gasteiger partial charge in [0.05, 0.1) is 6.61 Å². The van der Waals surface area contributed by atoms with Crippen LogP contribution in [0.5, 0.6) is 0 Å². The highest BCUT2D eigenvalue weighted by atomic mass is 16.3. The van der Waals surface area contributed by atoms with Crippen LogP contribution in [0.15, 0.2) is 0 Å². The van der Waals surface area contributed by atoms with Crippen molar-refractivity contribution in [1.29, 1.82) is 0 Å². The molecule has 0 radical (unpaired) electrons. The van der Waals surface area contributed by atoms with E-state index < -0.39 is 0 Å². The van der Waals surface area contributed by atoms with Gasteiger partial charge in [0, 0.05) is 11.6 Å². The zero-order chi connectivity index (χ0) is 12.7. The molecular weight excluding hydrogens is 212 g/mol. The Morgan fingerprint density at radius 2 is 2.00 bits per heavy atom. The fourth-order valence-corrected chi connectivity index (χ4v) is 2.82. The third-order valence-corrected chi connectivity index (χ3v) is 4.37. The summed E-state index contributed by atoms with van der Waals surface area (Å²) in [5.41, 5.74) is -0.102. The summed E-state index contributed by atoms with van der Waals surface area (Å²) in [5, 5.41) is 12.6. The molecule has 3 heteroatoms. The normalized spacial score (nSPS) is 21.0. The molecule has 0 bridgehead atoms. The molecule has 0 aromatic carbocycles. The summed E-state index contributed by atoms with van der Waals surface area (Å²) in [4.78, 5) is 2.63. The number of aliphatic hydroxyl groups is 1. The first-order chi connectivity index (χ1) is 8.15. The van der Waals surface area contributed by atoms with E-state index in [9.17, 15) is 5.11 Å². The van der Waals surface area contributed by atoms with Crippen molar-refractivity contribution in [3.05, 3.63) is 0 Å². The first-order valence-corrected chi connectivity index (χ1v) is 7.19. The molecule has 1 saturated carbocycles. The molecule has 2 N–H and O–H groups in total. The molecule has 102 valence electrons. The predicted molar refractivity (Wildman–Crippen MR) is 73.3 cm³/mol. The summed E-state index contributed by atoms with van der Waals surface area (Å²) >= 11 is 0. The zero-order valence-electron chi connectivity index (χ0n) is 11.8. The average Bonchev–Trinajstić information content (AvgIpc) is 2.88. The van der Waals surface area contributed by atoms with Crippen LogP contribution in [-0.2, 0) is 0 Å². The molecule has 0 heterocycles. The van der Waals surface area contributed by atoms with Gasteiger partial charge in [-0.1, -0.05) is 19.8 Å². The second kappa shape index (κ2) is 7.34. The van der Waals surface area contributed by atoms with E-state index in [1.54, 1.807) is 0 Å². The maximum absolute atomic E-state index is 9.34. The predicted octanol–water partition coefficient (Wildman–Crippen LogP) is 2.00. The zero-order valence-corrected chi connectivity index (χ0v) is 11.8. The SMILES string of the molecule is CCN(CCCC(C)(CO)NC)C1CCCC1. The standard InChI is InChI=1S/C14H30N2O/c1-4-16(13-8-5-6-9-13)11-7-10-14(2,12-17)15-3/h13,15,17H,4-12H2,1-3H3. The monoisotopic (exact) mass is 242 g/mol. The van der Waals surface area contributed by atoms with E-state index in [0.29, 0.717) is 0 Å². The minimum Gasteiger partial charge on any atom is -0.394 e. The second-order valence-electron chi connectivity index (χ2n) is 5.64. The lowest BCUT2D eigenvalue weighted by Gasteiger charge is -2.31. The van der Waals surface area contributed by atoms with Crippen LogP contribution in [0.4, 0.5) is 0 Å². The number of hydrogen-bond donors (Lipinski definition) is 2. The minimum absolute atomic E-state index is 0.102. The Labute approximate surface area is 107 Å². The molecule has 3 nitrogen and oxygen atoms in total. The van der Waals surface area contributed by atoms with Gasteiger partial charge >= 0.3 is 0 Å². The first kappa shape index (κ1) is 14.9. The molecule has 1 atom stereocenters. The third-order valence-electron chi connectivity index (χ3n) is 4.37. The van der Waals surface area contributed by atoms with Crippen molar-refractivity contribution < 1.29 is 5.11 Å². The maximum atomic E-state index is 9.34. The summed E-state index contributed by atoms with van der Waals surface area (Å²) in [5.74, 6) is 0. The molecule has 0 amide bonds. The fourth-order valence-electron chi connectivity index (χ4n) is 2.82. The lowest BCUT2D eigenvalue weighted by Crippen LogP contribution is -2.44. The van der Waals surface area contributed by atoms with Crippen LogP contribution >= 0.6 is 0 Å². The summed E-state index contributed by atoms with van der Waals surface area (Å²) in [7, 11) is 1.94. The van der Waals surface area contributed by atoms with Gasteiger partial charge in [-0.05, 0) is 52.7 Å². The van der Waals surface area contributed by atoms with E-state index >= 15 is 0 Å². The molecule has 0 aromatic rings. The molecule has 0 saturated heterocycles. The van der Waals surface area contributed by atoms with Gasteiger partial charge in [-0.25, -0.2) is 0 Å². The summed E-state index contributed by atoms with van der Waals surface area (Å²) in [6.45, 7) is 6.93. The number of hydrogen-bond acceptors (Lipinski definition) is 3. The Balaban J connectivity index is 2.27. The highest BCUT2D eigenvalue weighted by Crippen LogP contribution is 2.24. The van der Waals surface area contributed by atoms with Crippen LogP contribution in [-0.4, -0.2) is 48.3 Å². The van der Waals surface area contributed by atoms with Gasteiger partial charge in [-0.2, -0.15) is 0 Å². The van der Waals surface area contributed by atoms with Crippen LogP contribution in [0, 0.1) is 0 Å². The van der Waals surface area contributed by atoms with Crippen molar-refractivity contribution in [2.45, 2.75) is 64.0 Å². The highest BCUT2D eigenvalue weighted by Gasteiger charge is 2.23. The van der Waals surface area contributed by atoms with Crippen LogP contribution in [0.1, 0.15) is 52.4 Å². The van der Waals surface area contributed by atoms with E-state index in [4.69, 9.17) is 0 Å². The van der Waals surface area contributed by atoms with Gasteiger partial charge in [0.1, 0.15) is 0 Å². The Bertz CT molecular complexity index is 198. The first-order valence-electron chi connectivity index (χ1n) is 7.19. The molecular formula is C14H30N2O. The number of likely N-dealkylation sites (N-methyl/N-ethyl adjacent to an activating group) is 1. The molecule has 0 spiro atoms. The Morgan fingerprint density at radius 1 is 1.35 bits per heavy atom. The van der Waals surface area contributed by atoms with Crippen LogP contribution in [0.3, 0.4) is 0 Å². The van der Waals surface area contributed by atoms with Crippen molar-refractivity contribution in [1.82, 2.24) is 10.2 Å². The van der Waals surface area contributed by atoms with Gasteiger partial charge < -0.3 is 15.3 Å². The topological polar surface area (TPSA) is 35.5 Å². The number of aliphatic hydroxyl groups excluding tert-OH is 1. The van der Waals surface area contributed by atoms with Crippen molar-refractivity contribution >= 4 is 0 Å². The Morgan fingerprint density at radius 3 is 2.47 bits per heavy atom. The second-order valence-corrected chi connectivity index (χ2v) is 5.64. The summed E-state index contributed by atoms with van der Waals surface area (Å²) in [6, 6.07) is 0.829. The number of nitrogens with zero attached hydrogens (tertiary/aromatic N) is 1. The molecule has 1 rings (SSSR count). The molecule has 0 aliphatic heterocycles. The molecule has 1 fully saturated rings. The summed E-state index contributed by atoms with van der Waals surface area (Å²) in [6.07, 6.45) is 7.80. The van der Waals surface area contributed by atoms with Gasteiger partial charge in [-0.15, -0.1) is 0 Å². The lowest BCUT2D eigenvalue weighted by molar-refractivity contribution is 0.154. The van der Waals surface area contributed by atoms with E-state index in [2.05, 4.69) is 24.1 Å². The van der Waals surface area contributed by atoms with Crippen molar-refractivity contribution in [2.75, 3.05) is 26.7 Å². The van der Waals surface area contributed by atoms with Crippen molar-refractivity contribution in [2.24, 2.45) is 0 Å². The Kier molecular flexibility index (Phi) is 6.45.